The molecule has 20 heavy (non-hydrogen) atoms. The molecule has 5 heteroatoms. The zero-order valence-electron chi connectivity index (χ0n) is 13.3. The summed E-state index contributed by atoms with van der Waals surface area (Å²) in [6, 6.07) is 0.171. The molecule has 5 nitrogen and oxygen atoms in total. The fourth-order valence-corrected chi connectivity index (χ4v) is 3.13. The quantitative estimate of drug-likeness (QED) is 0.824. The van der Waals surface area contributed by atoms with Crippen LogP contribution in [-0.4, -0.2) is 66.2 Å². The van der Waals surface area contributed by atoms with Crippen molar-refractivity contribution < 1.29 is 9.53 Å². The van der Waals surface area contributed by atoms with Gasteiger partial charge in [-0.05, 0) is 26.2 Å². The zero-order chi connectivity index (χ0) is 14.9. The van der Waals surface area contributed by atoms with E-state index < -0.39 is 0 Å². The van der Waals surface area contributed by atoms with Crippen molar-refractivity contribution >= 4 is 5.91 Å². The molecule has 2 aliphatic heterocycles. The summed E-state index contributed by atoms with van der Waals surface area (Å²) in [5.41, 5.74) is 5.89. The fourth-order valence-electron chi connectivity index (χ4n) is 3.13. The maximum absolute atomic E-state index is 12.4. The second-order valence-electron chi connectivity index (χ2n) is 7.03. The van der Waals surface area contributed by atoms with E-state index in [0.717, 1.165) is 19.5 Å². The molecule has 2 heterocycles. The van der Waals surface area contributed by atoms with Crippen LogP contribution in [0, 0.1) is 5.92 Å². The highest BCUT2D eigenvalue weighted by molar-refractivity contribution is 5.81. The van der Waals surface area contributed by atoms with E-state index in [1.807, 2.05) is 4.90 Å². The van der Waals surface area contributed by atoms with Crippen molar-refractivity contribution in [1.29, 1.82) is 0 Å². The first-order valence-electron chi connectivity index (χ1n) is 7.75. The Labute approximate surface area is 122 Å². The number of rotatable bonds is 4. The van der Waals surface area contributed by atoms with Crippen molar-refractivity contribution in [2.45, 2.75) is 51.8 Å². The van der Waals surface area contributed by atoms with Crippen molar-refractivity contribution in [3.05, 3.63) is 0 Å². The van der Waals surface area contributed by atoms with Gasteiger partial charge in [-0.2, -0.15) is 0 Å². The van der Waals surface area contributed by atoms with Crippen LogP contribution in [0.4, 0.5) is 0 Å². The van der Waals surface area contributed by atoms with Gasteiger partial charge in [-0.25, -0.2) is 0 Å². The minimum absolute atomic E-state index is 0.0874. The molecule has 2 saturated heterocycles. The lowest BCUT2D eigenvalue weighted by molar-refractivity contribution is -0.194. The van der Waals surface area contributed by atoms with Crippen LogP contribution in [-0.2, 0) is 9.53 Å². The lowest BCUT2D eigenvalue weighted by Crippen LogP contribution is -2.72. The van der Waals surface area contributed by atoms with Gasteiger partial charge in [0, 0.05) is 25.7 Å². The topological polar surface area (TPSA) is 58.8 Å². The van der Waals surface area contributed by atoms with Crippen molar-refractivity contribution in [1.82, 2.24) is 9.80 Å². The number of amides is 1. The maximum atomic E-state index is 12.4. The molecule has 0 aromatic heterocycles. The van der Waals surface area contributed by atoms with Gasteiger partial charge in [-0.1, -0.05) is 13.8 Å². The Kier molecular flexibility index (Phi) is 4.72. The smallest absolute Gasteiger partial charge is 0.239 e. The minimum atomic E-state index is -0.369. The largest absolute Gasteiger partial charge is 0.369 e. The number of nitrogens with zero attached hydrogens (tertiary/aromatic N) is 2. The second kappa shape index (κ2) is 6.00. The molecule has 0 radical (unpaired) electrons. The van der Waals surface area contributed by atoms with E-state index in [1.165, 1.54) is 0 Å². The molecule has 0 aromatic carbocycles. The first-order valence-corrected chi connectivity index (χ1v) is 7.75. The molecule has 2 aliphatic rings. The third kappa shape index (κ3) is 3.32. The summed E-state index contributed by atoms with van der Waals surface area (Å²) in [7, 11) is 0. The highest BCUT2D eigenvalue weighted by Gasteiger charge is 2.48. The Morgan fingerprint density at radius 3 is 2.45 bits per heavy atom. The summed E-state index contributed by atoms with van der Waals surface area (Å²) in [5.74, 6) is 0.536. The molecule has 1 spiro atoms. The molecule has 0 bridgehead atoms. The van der Waals surface area contributed by atoms with E-state index in [1.54, 1.807) is 0 Å². The highest BCUT2D eigenvalue weighted by atomic mass is 16.5. The third-order valence-electron chi connectivity index (χ3n) is 4.32. The number of morpholine rings is 1. The molecule has 0 aliphatic carbocycles. The Hall–Kier alpha value is -0.650. The normalized spacial score (nSPS) is 24.2. The third-order valence-corrected chi connectivity index (χ3v) is 4.32. The summed E-state index contributed by atoms with van der Waals surface area (Å²) < 4.78 is 5.95. The Morgan fingerprint density at radius 2 is 1.90 bits per heavy atom. The average molecular weight is 283 g/mol. The molecule has 2 N–H and O–H groups in total. The Bertz CT molecular complexity index is 351. The van der Waals surface area contributed by atoms with Gasteiger partial charge < -0.3 is 15.4 Å². The van der Waals surface area contributed by atoms with Crippen LogP contribution < -0.4 is 5.73 Å². The van der Waals surface area contributed by atoms with Crippen LogP contribution in [0.1, 0.15) is 34.1 Å². The number of ether oxygens (including phenoxy) is 1. The van der Waals surface area contributed by atoms with Crippen LogP contribution >= 0.6 is 0 Å². The zero-order valence-corrected chi connectivity index (χ0v) is 13.3. The first kappa shape index (κ1) is 15.7. The summed E-state index contributed by atoms with van der Waals surface area (Å²) in [4.78, 5) is 16.7. The van der Waals surface area contributed by atoms with E-state index in [4.69, 9.17) is 10.5 Å². The van der Waals surface area contributed by atoms with Crippen molar-refractivity contribution in [2.75, 3.05) is 32.8 Å². The van der Waals surface area contributed by atoms with Gasteiger partial charge in [0.2, 0.25) is 5.91 Å². The van der Waals surface area contributed by atoms with Crippen LogP contribution in [0.5, 0.6) is 0 Å². The second-order valence-corrected chi connectivity index (χ2v) is 7.03. The predicted octanol–water partition coefficient (Wildman–Crippen LogP) is 0.681. The summed E-state index contributed by atoms with van der Waals surface area (Å²) in [6.07, 6.45) is 0.751. The molecule has 116 valence electrons. The minimum Gasteiger partial charge on any atom is -0.369 e. The number of carbonyl (C=O) groups excluding carboxylic acids is 1. The van der Waals surface area contributed by atoms with Crippen LogP contribution in [0.15, 0.2) is 0 Å². The summed E-state index contributed by atoms with van der Waals surface area (Å²) in [5, 5.41) is 0. The van der Waals surface area contributed by atoms with Gasteiger partial charge in [0.05, 0.1) is 19.2 Å². The molecule has 1 atom stereocenters. The fraction of sp³-hybridized carbons (Fsp3) is 0.933. The van der Waals surface area contributed by atoms with Gasteiger partial charge >= 0.3 is 0 Å². The van der Waals surface area contributed by atoms with Gasteiger partial charge in [0.15, 0.2) is 0 Å². The van der Waals surface area contributed by atoms with Gasteiger partial charge in [-0.15, -0.1) is 0 Å². The van der Waals surface area contributed by atoms with E-state index in [0.29, 0.717) is 31.7 Å². The molecule has 1 amide bonds. The highest BCUT2D eigenvalue weighted by Crippen LogP contribution is 2.30. The standard InChI is InChI=1S/C15H29N3O2/c1-11(2)7-13(16)14(19)17-5-6-20-15(8-17)9-18(10-15)12(3)4/h11-13H,5-10,16H2,1-4H3/t13-/m1/s1. The number of hydrogen-bond donors (Lipinski definition) is 1. The van der Waals surface area contributed by atoms with Gasteiger partial charge in [0.1, 0.15) is 5.60 Å². The lowest BCUT2D eigenvalue weighted by atomic mass is 9.90. The van der Waals surface area contributed by atoms with Gasteiger partial charge in [0.25, 0.3) is 0 Å². The van der Waals surface area contributed by atoms with E-state index >= 15 is 0 Å². The van der Waals surface area contributed by atoms with Crippen molar-refractivity contribution in [3.63, 3.8) is 0 Å². The summed E-state index contributed by atoms with van der Waals surface area (Å²) >= 11 is 0. The molecule has 2 fully saturated rings. The number of nitrogens with two attached hydrogens (primary N) is 1. The Balaban J connectivity index is 1.89. The SMILES string of the molecule is CC(C)C[C@@H](N)C(=O)N1CCOC2(C1)CN(C(C)C)C2. The number of carbonyl (C=O) groups is 1. The number of likely N-dealkylation sites (tertiary alicyclic amines) is 1. The lowest BCUT2D eigenvalue weighted by Gasteiger charge is -2.55. The van der Waals surface area contributed by atoms with E-state index in [2.05, 4.69) is 32.6 Å². The average Bonchev–Trinajstić information content (AvgIpc) is 2.34. The molecular weight excluding hydrogens is 254 g/mol. The molecule has 0 aromatic rings. The predicted molar refractivity (Wildman–Crippen MR) is 79.4 cm³/mol. The first-order chi connectivity index (χ1) is 9.33. The molecule has 2 rings (SSSR count). The Morgan fingerprint density at radius 1 is 1.25 bits per heavy atom. The molecular formula is C15H29N3O2. The molecule has 0 saturated carbocycles. The van der Waals surface area contributed by atoms with Crippen LogP contribution in [0.3, 0.4) is 0 Å². The van der Waals surface area contributed by atoms with Crippen molar-refractivity contribution in [3.8, 4) is 0 Å². The van der Waals surface area contributed by atoms with Crippen LogP contribution in [0.2, 0.25) is 0 Å². The van der Waals surface area contributed by atoms with Gasteiger partial charge in [-0.3, -0.25) is 9.69 Å². The van der Waals surface area contributed by atoms with Crippen LogP contribution in [0.25, 0.3) is 0 Å². The number of hydrogen-bond acceptors (Lipinski definition) is 4. The van der Waals surface area contributed by atoms with E-state index in [9.17, 15) is 4.79 Å². The van der Waals surface area contributed by atoms with E-state index in [-0.39, 0.29) is 17.6 Å². The monoisotopic (exact) mass is 283 g/mol. The molecule has 0 unspecified atom stereocenters. The summed E-state index contributed by atoms with van der Waals surface area (Å²) in [6.45, 7) is 12.4. The van der Waals surface area contributed by atoms with Crippen molar-refractivity contribution in [2.24, 2.45) is 11.7 Å². The maximum Gasteiger partial charge on any atom is 0.239 e.